The number of phenols is 1. The minimum Gasteiger partial charge on any atom is -0.504 e. The van der Waals surface area contributed by atoms with Crippen molar-refractivity contribution in [3.63, 3.8) is 0 Å². The first-order valence-corrected chi connectivity index (χ1v) is 9.67. The molecular formula is C24H26N2O2. The van der Waals surface area contributed by atoms with Crippen molar-refractivity contribution in [2.45, 2.75) is 19.3 Å². The Balaban J connectivity index is 1.64. The first-order valence-electron chi connectivity index (χ1n) is 9.67. The summed E-state index contributed by atoms with van der Waals surface area (Å²) in [5, 5.41) is 10.0. The summed E-state index contributed by atoms with van der Waals surface area (Å²) in [4.78, 5) is 4.98. The van der Waals surface area contributed by atoms with E-state index in [1.54, 1.807) is 13.2 Å². The second-order valence-corrected chi connectivity index (χ2v) is 7.22. The van der Waals surface area contributed by atoms with E-state index in [-0.39, 0.29) is 11.9 Å². The molecule has 0 atom stereocenters. The van der Waals surface area contributed by atoms with Crippen molar-refractivity contribution in [3.8, 4) is 11.5 Å². The highest BCUT2D eigenvalue weighted by Crippen LogP contribution is 2.36. The average molecular weight is 374 g/mol. The summed E-state index contributed by atoms with van der Waals surface area (Å²) in [5.41, 5.74) is 3.75. The standard InChI is InChI=1S/C24H26N2O2/c1-28-23-16-21(12-13-22(23)27)24-25(17-19-8-4-2-5-9-19)14-15-26(24)18-20-10-6-3-7-11-20/h2-13,16,24,27H,14-15,17-18H2,1H3. The fourth-order valence-electron chi connectivity index (χ4n) is 3.98. The van der Waals surface area contributed by atoms with Crippen LogP contribution in [0.15, 0.2) is 78.9 Å². The van der Waals surface area contributed by atoms with Gasteiger partial charge in [-0.25, -0.2) is 0 Å². The summed E-state index contributed by atoms with van der Waals surface area (Å²) in [6.45, 7) is 3.77. The van der Waals surface area contributed by atoms with Crippen LogP contribution in [0, 0.1) is 0 Å². The lowest BCUT2D eigenvalue weighted by molar-refractivity contribution is 0.125. The van der Waals surface area contributed by atoms with Gasteiger partial charge in [0.15, 0.2) is 11.5 Å². The number of methoxy groups -OCH3 is 1. The van der Waals surface area contributed by atoms with E-state index in [2.05, 4.69) is 70.5 Å². The van der Waals surface area contributed by atoms with Crippen LogP contribution in [0.2, 0.25) is 0 Å². The lowest BCUT2D eigenvalue weighted by atomic mass is 10.1. The predicted molar refractivity (Wildman–Crippen MR) is 111 cm³/mol. The third kappa shape index (κ3) is 4.03. The second kappa shape index (κ2) is 8.46. The Bertz CT molecular complexity index is 849. The molecule has 28 heavy (non-hydrogen) atoms. The molecule has 0 radical (unpaired) electrons. The van der Waals surface area contributed by atoms with Crippen molar-refractivity contribution < 1.29 is 9.84 Å². The van der Waals surface area contributed by atoms with Gasteiger partial charge in [-0.05, 0) is 28.8 Å². The fraction of sp³-hybridized carbons (Fsp3) is 0.250. The van der Waals surface area contributed by atoms with Crippen molar-refractivity contribution in [1.29, 1.82) is 0 Å². The summed E-state index contributed by atoms with van der Waals surface area (Å²) in [6, 6.07) is 26.9. The summed E-state index contributed by atoms with van der Waals surface area (Å²) in [6.07, 6.45) is 0.134. The molecule has 0 saturated carbocycles. The van der Waals surface area contributed by atoms with Crippen LogP contribution in [-0.2, 0) is 13.1 Å². The Labute approximate surface area is 166 Å². The first-order chi connectivity index (χ1) is 13.7. The number of phenolic OH excluding ortho intramolecular Hbond substituents is 1. The van der Waals surface area contributed by atoms with E-state index in [4.69, 9.17) is 4.74 Å². The largest absolute Gasteiger partial charge is 0.504 e. The molecule has 0 spiro atoms. The van der Waals surface area contributed by atoms with Gasteiger partial charge in [-0.3, -0.25) is 9.80 Å². The van der Waals surface area contributed by atoms with Crippen LogP contribution < -0.4 is 4.74 Å². The molecule has 1 heterocycles. The minimum absolute atomic E-state index is 0.134. The molecule has 1 fully saturated rings. The molecular weight excluding hydrogens is 348 g/mol. The van der Waals surface area contributed by atoms with Gasteiger partial charge < -0.3 is 9.84 Å². The maximum atomic E-state index is 10.0. The SMILES string of the molecule is COc1cc(C2N(Cc3ccccc3)CCN2Cc2ccccc2)ccc1O. The highest BCUT2D eigenvalue weighted by atomic mass is 16.5. The molecule has 4 rings (SSSR count). The van der Waals surface area contributed by atoms with Crippen molar-refractivity contribution >= 4 is 0 Å². The molecule has 4 nitrogen and oxygen atoms in total. The Hall–Kier alpha value is -2.82. The van der Waals surface area contributed by atoms with E-state index in [1.807, 2.05) is 12.1 Å². The molecule has 0 amide bonds. The average Bonchev–Trinajstić information content (AvgIpc) is 3.12. The molecule has 4 heteroatoms. The van der Waals surface area contributed by atoms with E-state index in [0.717, 1.165) is 31.7 Å². The molecule has 3 aromatic rings. The zero-order valence-corrected chi connectivity index (χ0v) is 16.2. The highest BCUT2D eigenvalue weighted by Gasteiger charge is 2.33. The second-order valence-electron chi connectivity index (χ2n) is 7.22. The number of benzene rings is 3. The van der Waals surface area contributed by atoms with Crippen LogP contribution in [0.1, 0.15) is 22.9 Å². The van der Waals surface area contributed by atoms with Gasteiger partial charge in [0.25, 0.3) is 0 Å². The van der Waals surface area contributed by atoms with Crippen molar-refractivity contribution in [1.82, 2.24) is 9.80 Å². The molecule has 144 valence electrons. The van der Waals surface area contributed by atoms with E-state index >= 15 is 0 Å². The van der Waals surface area contributed by atoms with Gasteiger partial charge in [0.05, 0.1) is 13.3 Å². The van der Waals surface area contributed by atoms with Crippen LogP contribution in [0.3, 0.4) is 0 Å². The topological polar surface area (TPSA) is 35.9 Å². The van der Waals surface area contributed by atoms with Gasteiger partial charge >= 0.3 is 0 Å². The Morgan fingerprint density at radius 3 is 1.86 bits per heavy atom. The van der Waals surface area contributed by atoms with Gasteiger partial charge in [0.2, 0.25) is 0 Å². The predicted octanol–water partition coefficient (Wildman–Crippen LogP) is 4.42. The maximum absolute atomic E-state index is 10.0. The molecule has 0 unspecified atom stereocenters. The van der Waals surface area contributed by atoms with Gasteiger partial charge in [0.1, 0.15) is 0 Å². The van der Waals surface area contributed by atoms with E-state index < -0.39 is 0 Å². The fourth-order valence-corrected chi connectivity index (χ4v) is 3.98. The van der Waals surface area contributed by atoms with Gasteiger partial charge in [-0.2, -0.15) is 0 Å². The van der Waals surface area contributed by atoms with Crippen LogP contribution in [-0.4, -0.2) is 35.1 Å². The number of ether oxygens (including phenoxy) is 1. The monoisotopic (exact) mass is 374 g/mol. The van der Waals surface area contributed by atoms with Crippen molar-refractivity contribution in [2.75, 3.05) is 20.2 Å². The Morgan fingerprint density at radius 2 is 1.36 bits per heavy atom. The Morgan fingerprint density at radius 1 is 0.821 bits per heavy atom. The summed E-state index contributed by atoms with van der Waals surface area (Å²) >= 11 is 0. The summed E-state index contributed by atoms with van der Waals surface area (Å²) < 4.78 is 5.37. The van der Waals surface area contributed by atoms with E-state index in [0.29, 0.717) is 5.75 Å². The van der Waals surface area contributed by atoms with Crippen molar-refractivity contribution in [3.05, 3.63) is 95.6 Å². The van der Waals surface area contributed by atoms with Crippen LogP contribution in [0.25, 0.3) is 0 Å². The third-order valence-electron chi connectivity index (χ3n) is 5.33. The molecule has 1 saturated heterocycles. The Kier molecular flexibility index (Phi) is 5.60. The molecule has 1 N–H and O–H groups in total. The van der Waals surface area contributed by atoms with Gasteiger partial charge in [0, 0.05) is 26.2 Å². The third-order valence-corrected chi connectivity index (χ3v) is 5.33. The van der Waals surface area contributed by atoms with Gasteiger partial charge in [-0.1, -0.05) is 66.7 Å². The number of aromatic hydroxyl groups is 1. The summed E-state index contributed by atoms with van der Waals surface area (Å²) in [7, 11) is 1.59. The lowest BCUT2D eigenvalue weighted by Gasteiger charge is -2.31. The first kappa shape index (κ1) is 18.5. The van der Waals surface area contributed by atoms with Crippen LogP contribution in [0.5, 0.6) is 11.5 Å². The molecule has 0 aliphatic carbocycles. The molecule has 1 aliphatic rings. The molecule has 0 bridgehead atoms. The maximum Gasteiger partial charge on any atom is 0.160 e. The zero-order valence-electron chi connectivity index (χ0n) is 16.2. The minimum atomic E-state index is 0.134. The van der Waals surface area contributed by atoms with E-state index in [9.17, 15) is 5.11 Å². The van der Waals surface area contributed by atoms with E-state index in [1.165, 1.54) is 11.1 Å². The lowest BCUT2D eigenvalue weighted by Crippen LogP contribution is -2.30. The number of hydrogen-bond donors (Lipinski definition) is 1. The normalized spacial score (nSPS) is 15.8. The smallest absolute Gasteiger partial charge is 0.160 e. The zero-order chi connectivity index (χ0) is 19.3. The quantitative estimate of drug-likeness (QED) is 0.693. The molecule has 3 aromatic carbocycles. The highest BCUT2D eigenvalue weighted by molar-refractivity contribution is 5.43. The van der Waals surface area contributed by atoms with Crippen LogP contribution >= 0.6 is 0 Å². The number of nitrogens with zero attached hydrogens (tertiary/aromatic N) is 2. The molecule has 0 aromatic heterocycles. The van der Waals surface area contributed by atoms with Crippen LogP contribution in [0.4, 0.5) is 0 Å². The van der Waals surface area contributed by atoms with Gasteiger partial charge in [-0.15, -0.1) is 0 Å². The molecule has 1 aliphatic heterocycles. The summed E-state index contributed by atoms with van der Waals surface area (Å²) in [5.74, 6) is 0.692. The van der Waals surface area contributed by atoms with Crippen molar-refractivity contribution in [2.24, 2.45) is 0 Å². The number of hydrogen-bond acceptors (Lipinski definition) is 4. The number of rotatable bonds is 6.